The van der Waals surface area contributed by atoms with E-state index in [0.717, 1.165) is 0 Å². The summed E-state index contributed by atoms with van der Waals surface area (Å²) in [7, 11) is 0. The predicted octanol–water partition coefficient (Wildman–Crippen LogP) is 0.375. The van der Waals surface area contributed by atoms with Crippen LogP contribution in [0.4, 0.5) is 5.82 Å². The van der Waals surface area contributed by atoms with Crippen molar-refractivity contribution >= 4 is 28.6 Å². The molecule has 3 N–H and O–H groups in total. The van der Waals surface area contributed by atoms with Crippen LogP contribution in [-0.4, -0.2) is 19.7 Å². The number of aryl methyl sites for hydroxylation is 1. The molecule has 0 bridgehead atoms. The molecule has 0 aliphatic rings. The maximum absolute atomic E-state index is 11.3. The summed E-state index contributed by atoms with van der Waals surface area (Å²) in [4.78, 5) is 19.2. The van der Waals surface area contributed by atoms with E-state index in [-0.39, 0.29) is 22.0 Å². The monoisotopic (exact) mass is 213 g/mol. The Balaban J connectivity index is 2.91. The van der Waals surface area contributed by atoms with Crippen molar-refractivity contribution in [2.45, 2.75) is 13.5 Å². The van der Waals surface area contributed by atoms with Crippen molar-refractivity contribution in [2.24, 2.45) is 0 Å². The van der Waals surface area contributed by atoms with Crippen LogP contribution in [0.25, 0.3) is 11.2 Å². The molecule has 2 aromatic heterocycles. The largest absolute Gasteiger partial charge is 0.381 e. The smallest absolute Gasteiger partial charge is 0.292 e. The van der Waals surface area contributed by atoms with Gasteiger partial charge in [-0.2, -0.15) is 0 Å². The molecule has 74 valence electrons. The number of halogens is 1. The van der Waals surface area contributed by atoms with E-state index in [2.05, 4.69) is 15.1 Å². The van der Waals surface area contributed by atoms with Gasteiger partial charge in [0, 0.05) is 6.54 Å². The van der Waals surface area contributed by atoms with Crippen LogP contribution < -0.4 is 11.3 Å². The second-order valence-corrected chi connectivity index (χ2v) is 3.12. The zero-order chi connectivity index (χ0) is 10.3. The molecule has 0 saturated carbocycles. The Morgan fingerprint density at radius 3 is 2.93 bits per heavy atom. The average molecular weight is 214 g/mol. The van der Waals surface area contributed by atoms with E-state index in [4.69, 9.17) is 17.3 Å². The molecule has 7 heteroatoms. The van der Waals surface area contributed by atoms with Crippen LogP contribution in [0.15, 0.2) is 4.79 Å². The van der Waals surface area contributed by atoms with Crippen LogP contribution >= 0.6 is 11.6 Å². The lowest BCUT2D eigenvalue weighted by molar-refractivity contribution is 0.669. The molecule has 0 aliphatic heterocycles. The molecule has 0 amide bonds. The fourth-order valence-corrected chi connectivity index (χ4v) is 1.34. The first-order valence-electron chi connectivity index (χ1n) is 4.05. The molecule has 0 aliphatic carbocycles. The van der Waals surface area contributed by atoms with Gasteiger partial charge in [0.25, 0.3) is 5.56 Å². The second kappa shape index (κ2) is 2.98. The lowest BCUT2D eigenvalue weighted by Gasteiger charge is -1.99. The molecule has 2 aromatic rings. The quantitative estimate of drug-likeness (QED) is 0.717. The molecule has 0 spiro atoms. The Labute approximate surface area is 83.7 Å². The molecule has 0 radical (unpaired) electrons. The third kappa shape index (κ3) is 1.15. The number of fused-ring (bicyclic) bond motifs is 1. The first-order valence-corrected chi connectivity index (χ1v) is 4.42. The normalized spacial score (nSPS) is 11.0. The van der Waals surface area contributed by atoms with Crippen LogP contribution in [0.5, 0.6) is 0 Å². The van der Waals surface area contributed by atoms with E-state index in [1.807, 2.05) is 6.92 Å². The van der Waals surface area contributed by atoms with Crippen molar-refractivity contribution in [2.75, 3.05) is 5.73 Å². The highest BCUT2D eigenvalue weighted by atomic mass is 35.5. The number of aromatic nitrogens is 4. The molecule has 2 rings (SSSR count). The van der Waals surface area contributed by atoms with E-state index in [1.54, 1.807) is 4.68 Å². The van der Waals surface area contributed by atoms with Crippen molar-refractivity contribution in [3.63, 3.8) is 0 Å². The first kappa shape index (κ1) is 9.01. The summed E-state index contributed by atoms with van der Waals surface area (Å²) in [6.07, 6.45) is 0. The van der Waals surface area contributed by atoms with Gasteiger partial charge in [0.1, 0.15) is 0 Å². The molecule has 6 nitrogen and oxygen atoms in total. The second-order valence-electron chi connectivity index (χ2n) is 2.76. The maximum Gasteiger partial charge on any atom is 0.292 e. The summed E-state index contributed by atoms with van der Waals surface area (Å²) in [6.45, 7) is 2.47. The number of hydrogen-bond acceptors (Lipinski definition) is 4. The Morgan fingerprint density at radius 2 is 2.29 bits per heavy atom. The highest BCUT2D eigenvalue weighted by Gasteiger charge is 2.11. The average Bonchev–Trinajstić information content (AvgIpc) is 2.45. The number of anilines is 1. The van der Waals surface area contributed by atoms with Gasteiger partial charge >= 0.3 is 0 Å². The highest BCUT2D eigenvalue weighted by molar-refractivity contribution is 6.31. The van der Waals surface area contributed by atoms with Crippen molar-refractivity contribution in [1.82, 2.24) is 19.7 Å². The minimum absolute atomic E-state index is 0.0526. The number of H-pyrrole nitrogens is 1. The number of nitrogen functional groups attached to an aromatic ring is 1. The van der Waals surface area contributed by atoms with E-state index < -0.39 is 0 Å². The summed E-state index contributed by atoms with van der Waals surface area (Å²) in [6, 6.07) is 0. The molecular formula is C7H8ClN5O. The summed E-state index contributed by atoms with van der Waals surface area (Å²) >= 11 is 5.65. The summed E-state index contributed by atoms with van der Waals surface area (Å²) in [5.74, 6) is 0.125. The van der Waals surface area contributed by atoms with Crippen molar-refractivity contribution in [3.8, 4) is 0 Å². The molecular weight excluding hydrogens is 206 g/mol. The fourth-order valence-electron chi connectivity index (χ4n) is 1.22. The Kier molecular flexibility index (Phi) is 1.92. The van der Waals surface area contributed by atoms with E-state index in [0.29, 0.717) is 12.2 Å². The number of aromatic amines is 1. The number of hydrogen-bond donors (Lipinski definition) is 2. The molecule has 0 fully saturated rings. The molecule has 0 aromatic carbocycles. The fraction of sp³-hybridized carbons (Fsp3) is 0.286. The zero-order valence-corrected chi connectivity index (χ0v) is 8.17. The van der Waals surface area contributed by atoms with Crippen molar-refractivity contribution in [1.29, 1.82) is 0 Å². The third-order valence-electron chi connectivity index (χ3n) is 1.88. The Hall–Kier alpha value is -1.56. The van der Waals surface area contributed by atoms with Crippen LogP contribution in [0.2, 0.25) is 5.15 Å². The standard InChI is InChI=1S/C7H8ClN5O/c1-2-13-6-3(7(14)12-13)10-4(8)5(9)11-6/h2H2,1H3,(H2,9,11)(H,12,14). The van der Waals surface area contributed by atoms with Crippen molar-refractivity contribution in [3.05, 3.63) is 15.5 Å². The van der Waals surface area contributed by atoms with Crippen LogP contribution in [0.1, 0.15) is 6.92 Å². The van der Waals surface area contributed by atoms with E-state index in [9.17, 15) is 4.79 Å². The SMILES string of the molecule is CCn1[nH]c(=O)c2nc(Cl)c(N)nc21. The van der Waals surface area contributed by atoms with Gasteiger partial charge in [-0.1, -0.05) is 11.6 Å². The number of nitrogens with two attached hydrogens (primary N) is 1. The summed E-state index contributed by atoms with van der Waals surface area (Å²) in [5, 5.41) is 2.63. The molecule has 0 atom stereocenters. The summed E-state index contributed by atoms with van der Waals surface area (Å²) < 4.78 is 1.57. The Morgan fingerprint density at radius 1 is 1.57 bits per heavy atom. The third-order valence-corrected chi connectivity index (χ3v) is 2.16. The van der Waals surface area contributed by atoms with E-state index >= 15 is 0 Å². The van der Waals surface area contributed by atoms with Crippen LogP contribution in [-0.2, 0) is 6.54 Å². The number of nitrogens with one attached hydrogen (secondary N) is 1. The van der Waals surface area contributed by atoms with Gasteiger partial charge < -0.3 is 5.73 Å². The van der Waals surface area contributed by atoms with Gasteiger partial charge in [-0.15, -0.1) is 0 Å². The molecule has 0 unspecified atom stereocenters. The first-order chi connectivity index (χ1) is 6.63. The zero-order valence-electron chi connectivity index (χ0n) is 7.41. The van der Waals surface area contributed by atoms with E-state index in [1.165, 1.54) is 0 Å². The topological polar surface area (TPSA) is 89.6 Å². The van der Waals surface area contributed by atoms with Gasteiger partial charge in [-0.05, 0) is 6.92 Å². The van der Waals surface area contributed by atoms with Gasteiger partial charge in [0.2, 0.25) is 0 Å². The minimum Gasteiger partial charge on any atom is -0.381 e. The molecule has 14 heavy (non-hydrogen) atoms. The van der Waals surface area contributed by atoms with Gasteiger partial charge in [0.15, 0.2) is 22.1 Å². The van der Waals surface area contributed by atoms with Gasteiger partial charge in [-0.3, -0.25) is 14.6 Å². The highest BCUT2D eigenvalue weighted by Crippen LogP contribution is 2.15. The summed E-state index contributed by atoms with van der Waals surface area (Å²) in [5.41, 5.74) is 5.82. The van der Waals surface area contributed by atoms with Crippen molar-refractivity contribution < 1.29 is 0 Å². The lowest BCUT2D eigenvalue weighted by Crippen LogP contribution is -2.04. The number of nitrogens with zero attached hydrogens (tertiary/aromatic N) is 3. The van der Waals surface area contributed by atoms with Crippen LogP contribution in [0.3, 0.4) is 0 Å². The van der Waals surface area contributed by atoms with Gasteiger partial charge in [-0.25, -0.2) is 9.97 Å². The molecule has 0 saturated heterocycles. The molecule has 2 heterocycles. The predicted molar refractivity (Wildman–Crippen MR) is 53.2 cm³/mol. The number of rotatable bonds is 1. The lowest BCUT2D eigenvalue weighted by atomic mass is 10.5. The minimum atomic E-state index is -0.309. The van der Waals surface area contributed by atoms with Gasteiger partial charge in [0.05, 0.1) is 0 Å². The van der Waals surface area contributed by atoms with Crippen LogP contribution in [0, 0.1) is 0 Å². The maximum atomic E-state index is 11.3. The Bertz CT molecular complexity index is 543.